The second-order valence-electron chi connectivity index (χ2n) is 4.95. The Morgan fingerprint density at radius 1 is 1.44 bits per heavy atom. The van der Waals surface area contributed by atoms with Crippen molar-refractivity contribution in [3.8, 4) is 0 Å². The van der Waals surface area contributed by atoms with Gasteiger partial charge in [0, 0.05) is 18.7 Å². The average Bonchev–Trinajstić information content (AvgIpc) is 2.65. The summed E-state index contributed by atoms with van der Waals surface area (Å²) in [6, 6.07) is 0. The Morgan fingerprint density at radius 3 is 2.62 bits per heavy atom. The van der Waals surface area contributed by atoms with Crippen LogP contribution in [0.1, 0.15) is 39.5 Å². The number of ether oxygens (including phenoxy) is 1. The van der Waals surface area contributed by atoms with Gasteiger partial charge in [-0.1, -0.05) is 26.3 Å². The lowest BCUT2D eigenvalue weighted by Crippen LogP contribution is -2.32. The number of hydrogen-bond acceptors (Lipinski definition) is 3. The molecular formula is C13H23NO2. The number of hydrogen-bond donors (Lipinski definition) is 1. The molecule has 1 saturated carbocycles. The summed E-state index contributed by atoms with van der Waals surface area (Å²) in [4.78, 5) is 11.3. The van der Waals surface area contributed by atoms with Gasteiger partial charge in [-0.15, -0.1) is 0 Å². The van der Waals surface area contributed by atoms with Crippen LogP contribution in [-0.4, -0.2) is 25.7 Å². The van der Waals surface area contributed by atoms with Crippen LogP contribution in [0.4, 0.5) is 0 Å². The molecule has 1 aliphatic rings. The fourth-order valence-corrected chi connectivity index (χ4v) is 2.23. The molecule has 16 heavy (non-hydrogen) atoms. The molecule has 0 radical (unpaired) electrons. The molecule has 3 nitrogen and oxygen atoms in total. The van der Waals surface area contributed by atoms with Crippen LogP contribution < -0.4 is 5.32 Å². The number of nitrogens with one attached hydrogen (secondary N) is 1. The summed E-state index contributed by atoms with van der Waals surface area (Å²) in [7, 11) is 0. The molecule has 0 bridgehead atoms. The summed E-state index contributed by atoms with van der Waals surface area (Å²) in [5.41, 5.74) is 0.929. The third-order valence-corrected chi connectivity index (χ3v) is 3.26. The highest BCUT2D eigenvalue weighted by Crippen LogP contribution is 2.36. The second-order valence-corrected chi connectivity index (χ2v) is 4.95. The van der Waals surface area contributed by atoms with Crippen LogP contribution in [0.15, 0.2) is 12.2 Å². The van der Waals surface area contributed by atoms with Gasteiger partial charge in [-0.2, -0.15) is 0 Å². The van der Waals surface area contributed by atoms with Gasteiger partial charge >= 0.3 is 5.97 Å². The van der Waals surface area contributed by atoms with E-state index in [1.807, 2.05) is 0 Å². The lowest BCUT2D eigenvalue weighted by Gasteiger charge is -2.23. The van der Waals surface area contributed by atoms with E-state index in [0.717, 1.165) is 6.54 Å². The zero-order chi connectivity index (χ0) is 12.0. The highest BCUT2D eigenvalue weighted by Gasteiger charge is 2.27. The van der Waals surface area contributed by atoms with Crippen LogP contribution in [0, 0.1) is 5.41 Å². The Bertz CT molecular complexity index is 255. The molecule has 0 aromatic heterocycles. The van der Waals surface area contributed by atoms with Crippen molar-refractivity contribution in [3.63, 3.8) is 0 Å². The van der Waals surface area contributed by atoms with Gasteiger partial charge in [-0.25, -0.2) is 4.79 Å². The average molecular weight is 225 g/mol. The maximum Gasteiger partial charge on any atom is 0.334 e. The van der Waals surface area contributed by atoms with Crippen molar-refractivity contribution in [1.29, 1.82) is 0 Å². The van der Waals surface area contributed by atoms with E-state index in [9.17, 15) is 4.79 Å². The summed E-state index contributed by atoms with van der Waals surface area (Å²) in [6.07, 6.45) is 5.23. The third kappa shape index (κ3) is 3.97. The van der Waals surface area contributed by atoms with Crippen molar-refractivity contribution >= 4 is 5.97 Å². The zero-order valence-corrected chi connectivity index (χ0v) is 10.5. The van der Waals surface area contributed by atoms with Gasteiger partial charge in [0.2, 0.25) is 0 Å². The van der Waals surface area contributed by atoms with Crippen molar-refractivity contribution in [1.82, 2.24) is 5.32 Å². The molecule has 0 saturated heterocycles. The van der Waals surface area contributed by atoms with Crippen molar-refractivity contribution in [3.05, 3.63) is 12.2 Å². The minimum absolute atomic E-state index is 0.286. The quantitative estimate of drug-likeness (QED) is 0.556. The summed E-state index contributed by atoms with van der Waals surface area (Å²) in [5.74, 6) is -0.286. The summed E-state index contributed by atoms with van der Waals surface area (Å²) < 4.78 is 4.87. The van der Waals surface area contributed by atoms with Crippen LogP contribution in [0.3, 0.4) is 0 Å². The van der Waals surface area contributed by atoms with E-state index in [4.69, 9.17) is 4.74 Å². The first-order valence-corrected chi connectivity index (χ1v) is 6.13. The standard InChI is InChI=1S/C13H23NO2/c1-4-16-12(15)11(2)9-14-10-13(3)7-5-6-8-13/h14H,2,4-10H2,1,3H3. The summed E-state index contributed by atoms with van der Waals surface area (Å²) in [6.45, 7) is 9.74. The van der Waals surface area contributed by atoms with Gasteiger partial charge in [0.1, 0.15) is 0 Å². The molecule has 1 rings (SSSR count). The van der Waals surface area contributed by atoms with Crippen molar-refractivity contribution in [2.45, 2.75) is 39.5 Å². The number of esters is 1. The first-order chi connectivity index (χ1) is 7.57. The molecule has 0 aromatic carbocycles. The molecule has 3 heteroatoms. The molecule has 1 N–H and O–H groups in total. The molecule has 0 spiro atoms. The molecule has 0 atom stereocenters. The molecule has 92 valence electrons. The summed E-state index contributed by atoms with van der Waals surface area (Å²) >= 11 is 0. The predicted octanol–water partition coefficient (Wildman–Crippen LogP) is 2.28. The van der Waals surface area contributed by atoms with Gasteiger partial charge in [-0.05, 0) is 25.2 Å². The van der Waals surface area contributed by atoms with Gasteiger partial charge in [0.15, 0.2) is 0 Å². The first-order valence-electron chi connectivity index (χ1n) is 6.13. The topological polar surface area (TPSA) is 38.3 Å². The minimum atomic E-state index is -0.286. The van der Waals surface area contributed by atoms with E-state index >= 15 is 0 Å². The van der Waals surface area contributed by atoms with Gasteiger partial charge < -0.3 is 10.1 Å². The predicted molar refractivity (Wildman–Crippen MR) is 65.2 cm³/mol. The van der Waals surface area contributed by atoms with Gasteiger partial charge in [0.05, 0.1) is 6.61 Å². The maximum absolute atomic E-state index is 11.3. The van der Waals surface area contributed by atoms with Gasteiger partial charge in [0.25, 0.3) is 0 Å². The fraction of sp³-hybridized carbons (Fsp3) is 0.769. The summed E-state index contributed by atoms with van der Waals surface area (Å²) in [5, 5.41) is 3.31. The van der Waals surface area contributed by atoms with E-state index in [2.05, 4.69) is 18.8 Å². The lowest BCUT2D eigenvalue weighted by molar-refractivity contribution is -0.138. The van der Waals surface area contributed by atoms with Crippen LogP contribution in [0.5, 0.6) is 0 Å². The van der Waals surface area contributed by atoms with Crippen molar-refractivity contribution < 1.29 is 9.53 Å². The molecule has 0 aliphatic heterocycles. The molecule has 0 heterocycles. The Hall–Kier alpha value is -0.830. The number of rotatable bonds is 6. The lowest BCUT2D eigenvalue weighted by atomic mass is 9.89. The Labute approximate surface area is 98.2 Å². The van der Waals surface area contributed by atoms with Crippen LogP contribution >= 0.6 is 0 Å². The van der Waals surface area contributed by atoms with Crippen LogP contribution in [0.2, 0.25) is 0 Å². The van der Waals surface area contributed by atoms with E-state index < -0.39 is 0 Å². The van der Waals surface area contributed by atoms with Crippen molar-refractivity contribution in [2.75, 3.05) is 19.7 Å². The molecule has 0 amide bonds. The monoisotopic (exact) mass is 225 g/mol. The third-order valence-electron chi connectivity index (χ3n) is 3.26. The Kier molecular flexibility index (Phi) is 5.00. The molecule has 0 aromatic rings. The van der Waals surface area contributed by atoms with Crippen LogP contribution in [0.25, 0.3) is 0 Å². The second kappa shape index (κ2) is 6.04. The number of carbonyl (C=O) groups is 1. The molecular weight excluding hydrogens is 202 g/mol. The maximum atomic E-state index is 11.3. The highest BCUT2D eigenvalue weighted by molar-refractivity contribution is 5.88. The van der Waals surface area contributed by atoms with Gasteiger partial charge in [-0.3, -0.25) is 0 Å². The van der Waals surface area contributed by atoms with E-state index in [1.165, 1.54) is 25.7 Å². The fourth-order valence-electron chi connectivity index (χ4n) is 2.23. The first kappa shape index (κ1) is 13.2. The Morgan fingerprint density at radius 2 is 2.06 bits per heavy atom. The normalized spacial score (nSPS) is 18.4. The smallest absolute Gasteiger partial charge is 0.334 e. The Balaban J connectivity index is 2.19. The van der Waals surface area contributed by atoms with E-state index in [1.54, 1.807) is 6.92 Å². The molecule has 1 fully saturated rings. The SMILES string of the molecule is C=C(CNCC1(C)CCCC1)C(=O)OCC. The van der Waals surface area contributed by atoms with E-state index in [0.29, 0.717) is 24.1 Å². The highest BCUT2D eigenvalue weighted by atomic mass is 16.5. The van der Waals surface area contributed by atoms with E-state index in [-0.39, 0.29) is 5.97 Å². The number of carbonyl (C=O) groups excluding carboxylic acids is 1. The largest absolute Gasteiger partial charge is 0.463 e. The molecule has 0 unspecified atom stereocenters. The van der Waals surface area contributed by atoms with Crippen molar-refractivity contribution in [2.24, 2.45) is 5.41 Å². The minimum Gasteiger partial charge on any atom is -0.463 e. The molecule has 1 aliphatic carbocycles. The zero-order valence-electron chi connectivity index (χ0n) is 10.5. The van der Waals surface area contributed by atoms with Crippen LogP contribution in [-0.2, 0) is 9.53 Å².